The van der Waals surface area contributed by atoms with Crippen LogP contribution in [0.4, 0.5) is 5.69 Å². The fourth-order valence-electron chi connectivity index (χ4n) is 1.99. The molecule has 0 unspecified atom stereocenters. The van der Waals surface area contributed by atoms with Gasteiger partial charge in [0.15, 0.2) is 0 Å². The van der Waals surface area contributed by atoms with Crippen LogP contribution in [0, 0.1) is 6.92 Å². The molecule has 0 aromatic heterocycles. The molecule has 24 heavy (non-hydrogen) atoms. The van der Waals surface area contributed by atoms with Gasteiger partial charge in [0.2, 0.25) is 5.91 Å². The Kier molecular flexibility index (Phi) is 6.29. The lowest BCUT2D eigenvalue weighted by Gasteiger charge is -2.13. The monoisotopic (exact) mass is 362 g/mol. The van der Waals surface area contributed by atoms with Gasteiger partial charge in [-0.05, 0) is 37.3 Å². The van der Waals surface area contributed by atoms with Crippen molar-refractivity contribution >= 4 is 40.9 Å². The van der Waals surface area contributed by atoms with Gasteiger partial charge in [-0.3, -0.25) is 9.59 Å². The van der Waals surface area contributed by atoms with E-state index in [0.29, 0.717) is 22.0 Å². The summed E-state index contributed by atoms with van der Waals surface area (Å²) in [6, 6.07) is 12.9. The number of amides is 2. The number of anilines is 1. The van der Waals surface area contributed by atoms with Gasteiger partial charge < -0.3 is 10.2 Å². The summed E-state index contributed by atoms with van der Waals surface area (Å²) in [6.45, 7) is 2.02. The SMILES string of the molecule is Cc1ccc(SCC(=O)Nc2ccc(Cl)c(C(=O)N(C)C)c2)cc1. The normalized spacial score (nSPS) is 10.3. The molecule has 0 aliphatic carbocycles. The van der Waals surface area contributed by atoms with Crippen LogP contribution < -0.4 is 5.32 Å². The van der Waals surface area contributed by atoms with Gasteiger partial charge in [0.1, 0.15) is 0 Å². The van der Waals surface area contributed by atoms with E-state index < -0.39 is 0 Å². The molecule has 0 bridgehead atoms. The Balaban J connectivity index is 2.00. The topological polar surface area (TPSA) is 49.4 Å². The van der Waals surface area contributed by atoms with Gasteiger partial charge in [0, 0.05) is 24.7 Å². The lowest BCUT2D eigenvalue weighted by Crippen LogP contribution is -2.22. The van der Waals surface area contributed by atoms with Gasteiger partial charge >= 0.3 is 0 Å². The van der Waals surface area contributed by atoms with E-state index >= 15 is 0 Å². The number of hydrogen-bond acceptors (Lipinski definition) is 3. The van der Waals surface area contributed by atoms with Gasteiger partial charge in [-0.1, -0.05) is 29.3 Å². The molecule has 0 aliphatic rings. The summed E-state index contributed by atoms with van der Waals surface area (Å²) in [5.74, 6) is -0.0425. The Morgan fingerprint density at radius 1 is 1.12 bits per heavy atom. The number of rotatable bonds is 5. The summed E-state index contributed by atoms with van der Waals surface area (Å²) in [6.07, 6.45) is 0. The molecule has 0 atom stereocenters. The second-order valence-corrected chi connectivity index (χ2v) is 7.00. The number of thioether (sulfide) groups is 1. The van der Waals surface area contributed by atoms with Crippen LogP contribution in [0.3, 0.4) is 0 Å². The molecule has 2 amide bonds. The minimum atomic E-state index is -0.204. The maximum absolute atomic E-state index is 12.1. The van der Waals surface area contributed by atoms with Crippen molar-refractivity contribution in [3.05, 3.63) is 58.6 Å². The van der Waals surface area contributed by atoms with Crippen molar-refractivity contribution in [1.29, 1.82) is 0 Å². The first-order valence-electron chi connectivity index (χ1n) is 7.37. The highest BCUT2D eigenvalue weighted by Crippen LogP contribution is 2.23. The molecule has 2 aromatic carbocycles. The zero-order valence-corrected chi connectivity index (χ0v) is 15.4. The molecule has 126 valence electrons. The summed E-state index contributed by atoms with van der Waals surface area (Å²) in [5, 5.41) is 3.16. The van der Waals surface area contributed by atoms with E-state index in [4.69, 9.17) is 11.6 Å². The third kappa shape index (κ3) is 5.01. The predicted molar refractivity (Wildman–Crippen MR) is 100 cm³/mol. The summed E-state index contributed by atoms with van der Waals surface area (Å²) in [5.41, 5.74) is 2.10. The van der Waals surface area contributed by atoms with Gasteiger partial charge in [0.05, 0.1) is 16.3 Å². The molecule has 6 heteroatoms. The van der Waals surface area contributed by atoms with Gasteiger partial charge in [0.25, 0.3) is 5.91 Å². The van der Waals surface area contributed by atoms with E-state index in [1.54, 1.807) is 32.3 Å². The molecule has 0 spiro atoms. The minimum absolute atomic E-state index is 0.133. The van der Waals surface area contributed by atoms with Crippen LogP contribution in [-0.2, 0) is 4.79 Å². The Labute approximate surface area is 151 Å². The van der Waals surface area contributed by atoms with Crippen LogP contribution in [0.25, 0.3) is 0 Å². The summed E-state index contributed by atoms with van der Waals surface area (Å²) in [7, 11) is 3.31. The first kappa shape index (κ1) is 18.4. The van der Waals surface area contributed by atoms with Crippen molar-refractivity contribution in [1.82, 2.24) is 4.90 Å². The third-order valence-corrected chi connectivity index (χ3v) is 4.62. The van der Waals surface area contributed by atoms with Gasteiger partial charge in [-0.2, -0.15) is 0 Å². The number of nitrogens with zero attached hydrogens (tertiary/aromatic N) is 1. The average Bonchev–Trinajstić information content (AvgIpc) is 2.55. The van der Waals surface area contributed by atoms with Crippen LogP contribution in [0.1, 0.15) is 15.9 Å². The largest absolute Gasteiger partial charge is 0.345 e. The van der Waals surface area contributed by atoms with E-state index in [0.717, 1.165) is 4.90 Å². The molecule has 0 radical (unpaired) electrons. The minimum Gasteiger partial charge on any atom is -0.345 e. The molecule has 0 aliphatic heterocycles. The number of aryl methyl sites for hydroxylation is 1. The van der Waals surface area contributed by atoms with Crippen LogP contribution in [-0.4, -0.2) is 36.6 Å². The highest BCUT2D eigenvalue weighted by molar-refractivity contribution is 8.00. The van der Waals surface area contributed by atoms with E-state index in [9.17, 15) is 9.59 Å². The maximum atomic E-state index is 12.1. The quantitative estimate of drug-likeness (QED) is 0.815. The van der Waals surface area contributed by atoms with Crippen LogP contribution in [0.2, 0.25) is 5.02 Å². The van der Waals surface area contributed by atoms with Crippen molar-refractivity contribution < 1.29 is 9.59 Å². The Morgan fingerprint density at radius 3 is 2.42 bits per heavy atom. The molecule has 1 N–H and O–H groups in total. The number of benzene rings is 2. The van der Waals surface area contributed by atoms with E-state index in [2.05, 4.69) is 5.32 Å². The molecule has 0 heterocycles. The molecule has 0 fully saturated rings. The lowest BCUT2D eigenvalue weighted by atomic mass is 10.1. The van der Waals surface area contributed by atoms with Crippen molar-refractivity contribution in [2.45, 2.75) is 11.8 Å². The van der Waals surface area contributed by atoms with E-state index in [1.165, 1.54) is 22.2 Å². The number of nitrogens with one attached hydrogen (secondary N) is 1. The Bertz CT molecular complexity index is 745. The number of hydrogen-bond donors (Lipinski definition) is 1. The second kappa shape index (κ2) is 8.22. The molecule has 2 rings (SSSR count). The molecular formula is C18H19ClN2O2S. The zero-order valence-electron chi connectivity index (χ0n) is 13.8. The first-order valence-corrected chi connectivity index (χ1v) is 8.73. The molecule has 2 aromatic rings. The summed E-state index contributed by atoms with van der Waals surface area (Å²) >= 11 is 7.52. The maximum Gasteiger partial charge on any atom is 0.254 e. The zero-order chi connectivity index (χ0) is 17.7. The molecule has 4 nitrogen and oxygen atoms in total. The summed E-state index contributed by atoms with van der Waals surface area (Å²) < 4.78 is 0. The van der Waals surface area contributed by atoms with Crippen molar-refractivity contribution in [2.24, 2.45) is 0 Å². The van der Waals surface area contributed by atoms with Gasteiger partial charge in [-0.15, -0.1) is 11.8 Å². The van der Waals surface area contributed by atoms with E-state index in [-0.39, 0.29) is 11.8 Å². The third-order valence-electron chi connectivity index (χ3n) is 3.28. The molecule has 0 saturated heterocycles. The Hall–Kier alpha value is -1.98. The predicted octanol–water partition coefficient (Wildman–Crippen LogP) is 4.08. The fourth-order valence-corrected chi connectivity index (χ4v) is 2.89. The molecular weight excluding hydrogens is 344 g/mol. The second-order valence-electron chi connectivity index (χ2n) is 5.54. The van der Waals surface area contributed by atoms with Crippen LogP contribution >= 0.6 is 23.4 Å². The van der Waals surface area contributed by atoms with Crippen LogP contribution in [0.5, 0.6) is 0 Å². The van der Waals surface area contributed by atoms with Gasteiger partial charge in [-0.25, -0.2) is 0 Å². The number of carbonyl (C=O) groups excluding carboxylic acids is 2. The fraction of sp³-hybridized carbons (Fsp3) is 0.222. The number of halogens is 1. The first-order chi connectivity index (χ1) is 11.4. The summed E-state index contributed by atoms with van der Waals surface area (Å²) in [4.78, 5) is 26.6. The van der Waals surface area contributed by atoms with Crippen molar-refractivity contribution in [3.63, 3.8) is 0 Å². The highest BCUT2D eigenvalue weighted by Gasteiger charge is 2.14. The van der Waals surface area contributed by atoms with E-state index in [1.807, 2.05) is 31.2 Å². The Morgan fingerprint density at radius 2 is 1.79 bits per heavy atom. The van der Waals surface area contributed by atoms with Crippen molar-refractivity contribution in [3.8, 4) is 0 Å². The number of carbonyl (C=O) groups is 2. The lowest BCUT2D eigenvalue weighted by molar-refractivity contribution is -0.113. The molecule has 0 saturated carbocycles. The standard InChI is InChI=1S/C18H19ClN2O2S/c1-12-4-7-14(8-5-12)24-11-17(22)20-13-6-9-16(19)15(10-13)18(23)21(2)3/h4-10H,11H2,1-3H3,(H,20,22). The highest BCUT2D eigenvalue weighted by atomic mass is 35.5. The van der Waals surface area contributed by atoms with Crippen LogP contribution in [0.15, 0.2) is 47.4 Å². The van der Waals surface area contributed by atoms with Crippen molar-refractivity contribution in [2.75, 3.05) is 25.2 Å². The average molecular weight is 363 g/mol. The smallest absolute Gasteiger partial charge is 0.254 e.